The number of amides is 1. The van der Waals surface area contributed by atoms with Crippen LogP contribution in [0.1, 0.15) is 20.3 Å². The second kappa shape index (κ2) is 4.42. The van der Waals surface area contributed by atoms with Crippen molar-refractivity contribution in [3.05, 3.63) is 24.3 Å². The van der Waals surface area contributed by atoms with Crippen molar-refractivity contribution >= 4 is 5.91 Å². The van der Waals surface area contributed by atoms with Crippen LogP contribution in [0.3, 0.4) is 0 Å². The van der Waals surface area contributed by atoms with E-state index in [1.165, 1.54) is 6.08 Å². The quantitative estimate of drug-likeness (QED) is 0.529. The average molecular weight is 195 g/mol. The summed E-state index contributed by atoms with van der Waals surface area (Å²) in [7, 11) is 0. The summed E-state index contributed by atoms with van der Waals surface area (Å²) in [6.45, 7) is 4.74. The molecule has 1 amide bonds. The third kappa shape index (κ3) is 3.00. The molecular weight excluding hydrogens is 178 g/mol. The maximum Gasteiger partial charge on any atom is 0.246 e. The fourth-order valence-electron chi connectivity index (χ4n) is 1.49. The summed E-state index contributed by atoms with van der Waals surface area (Å²) in [4.78, 5) is 13.2. The predicted octanol–water partition coefficient (Wildman–Crippen LogP) is 1.10. The van der Waals surface area contributed by atoms with Crippen molar-refractivity contribution in [2.45, 2.75) is 25.9 Å². The number of nitrogens with zero attached hydrogens (tertiary/aromatic N) is 1. The fourth-order valence-corrected chi connectivity index (χ4v) is 1.49. The number of rotatable bonds is 2. The molecule has 0 aromatic rings. The van der Waals surface area contributed by atoms with E-state index in [1.807, 2.05) is 19.1 Å². The van der Waals surface area contributed by atoms with Crippen molar-refractivity contribution in [1.82, 2.24) is 4.90 Å². The first-order chi connectivity index (χ1) is 6.55. The molecule has 0 bridgehead atoms. The van der Waals surface area contributed by atoms with Gasteiger partial charge >= 0.3 is 0 Å². The number of carbonyl (C=O) groups excluding carboxylic acids is 1. The Kier molecular flexibility index (Phi) is 3.47. The van der Waals surface area contributed by atoms with Crippen LogP contribution in [0, 0.1) is 0 Å². The van der Waals surface area contributed by atoms with Crippen LogP contribution >= 0.6 is 0 Å². The molecule has 0 aromatic carbocycles. The Morgan fingerprint density at radius 1 is 1.50 bits per heavy atom. The van der Waals surface area contributed by atoms with Crippen molar-refractivity contribution in [2.75, 3.05) is 13.1 Å². The lowest BCUT2D eigenvalue weighted by molar-refractivity contribution is -0.125. The van der Waals surface area contributed by atoms with E-state index in [0.717, 1.165) is 0 Å². The van der Waals surface area contributed by atoms with E-state index in [2.05, 4.69) is 0 Å². The second-order valence-corrected chi connectivity index (χ2v) is 3.89. The molecule has 3 heteroatoms. The standard InChI is InChI=1S/C11H17NO2/c1-3-4-5-6-10(13)12-8-7-11(2,14)9-12/h3-6,14H,7-9H2,1-2H3. The van der Waals surface area contributed by atoms with Gasteiger partial charge in [0.2, 0.25) is 5.91 Å². The van der Waals surface area contributed by atoms with Crippen LogP contribution in [0.15, 0.2) is 24.3 Å². The second-order valence-electron chi connectivity index (χ2n) is 3.89. The average Bonchev–Trinajstić information content (AvgIpc) is 2.46. The molecule has 1 atom stereocenters. The number of likely N-dealkylation sites (tertiary alicyclic amines) is 1. The molecule has 14 heavy (non-hydrogen) atoms. The van der Waals surface area contributed by atoms with E-state index >= 15 is 0 Å². The van der Waals surface area contributed by atoms with E-state index in [9.17, 15) is 9.90 Å². The predicted molar refractivity (Wildman–Crippen MR) is 55.8 cm³/mol. The van der Waals surface area contributed by atoms with E-state index in [0.29, 0.717) is 19.5 Å². The lowest BCUT2D eigenvalue weighted by Gasteiger charge is -2.17. The largest absolute Gasteiger partial charge is 0.388 e. The summed E-state index contributed by atoms with van der Waals surface area (Å²) in [6, 6.07) is 0. The minimum atomic E-state index is -0.704. The van der Waals surface area contributed by atoms with Crippen molar-refractivity contribution in [2.24, 2.45) is 0 Å². The number of carbonyl (C=O) groups is 1. The normalized spacial score (nSPS) is 28.1. The number of β-amino-alcohol motifs (C(OH)–C–C–N with tert-alkyl or cyclic N) is 1. The molecule has 3 nitrogen and oxygen atoms in total. The molecule has 1 fully saturated rings. The molecule has 1 aliphatic heterocycles. The summed E-state index contributed by atoms with van der Waals surface area (Å²) in [5, 5.41) is 9.65. The van der Waals surface area contributed by atoms with Crippen LogP contribution in [0.2, 0.25) is 0 Å². The number of aliphatic hydroxyl groups is 1. The highest BCUT2D eigenvalue weighted by atomic mass is 16.3. The lowest BCUT2D eigenvalue weighted by Crippen LogP contribution is -2.32. The number of hydrogen-bond acceptors (Lipinski definition) is 2. The van der Waals surface area contributed by atoms with Gasteiger partial charge in [0.15, 0.2) is 0 Å². The molecule has 0 radical (unpaired) electrons. The van der Waals surface area contributed by atoms with Gasteiger partial charge in [-0.15, -0.1) is 0 Å². The first-order valence-corrected chi connectivity index (χ1v) is 4.86. The van der Waals surface area contributed by atoms with Gasteiger partial charge in [-0.3, -0.25) is 4.79 Å². The molecule has 0 aromatic heterocycles. The number of allylic oxidation sites excluding steroid dienone is 3. The van der Waals surface area contributed by atoms with Crippen LogP contribution < -0.4 is 0 Å². The van der Waals surface area contributed by atoms with E-state index in [4.69, 9.17) is 0 Å². The van der Waals surface area contributed by atoms with E-state index in [1.54, 1.807) is 17.9 Å². The molecule has 1 aliphatic rings. The van der Waals surface area contributed by atoms with Crippen LogP contribution in [-0.2, 0) is 4.79 Å². The van der Waals surface area contributed by atoms with Crippen LogP contribution in [-0.4, -0.2) is 34.6 Å². The Hall–Kier alpha value is -1.09. The van der Waals surface area contributed by atoms with E-state index in [-0.39, 0.29) is 5.91 Å². The van der Waals surface area contributed by atoms with Crippen molar-refractivity contribution in [3.8, 4) is 0 Å². The van der Waals surface area contributed by atoms with Gasteiger partial charge in [0.05, 0.1) is 5.60 Å². The van der Waals surface area contributed by atoms with Gasteiger partial charge in [0.1, 0.15) is 0 Å². The molecule has 1 unspecified atom stereocenters. The minimum absolute atomic E-state index is 0.0270. The molecule has 0 saturated carbocycles. The molecule has 0 aliphatic carbocycles. The third-order valence-corrected chi connectivity index (χ3v) is 2.31. The topological polar surface area (TPSA) is 40.5 Å². The highest BCUT2D eigenvalue weighted by molar-refractivity contribution is 5.88. The van der Waals surface area contributed by atoms with Crippen LogP contribution in [0.4, 0.5) is 0 Å². The first kappa shape index (κ1) is 11.0. The fraction of sp³-hybridized carbons (Fsp3) is 0.545. The minimum Gasteiger partial charge on any atom is -0.388 e. The first-order valence-electron chi connectivity index (χ1n) is 4.86. The molecule has 1 rings (SSSR count). The zero-order chi connectivity index (χ0) is 10.6. The maximum absolute atomic E-state index is 11.5. The summed E-state index contributed by atoms with van der Waals surface area (Å²) >= 11 is 0. The van der Waals surface area contributed by atoms with Gasteiger partial charge < -0.3 is 10.0 Å². The van der Waals surface area contributed by atoms with Crippen molar-refractivity contribution in [3.63, 3.8) is 0 Å². The van der Waals surface area contributed by atoms with Gasteiger partial charge in [-0.25, -0.2) is 0 Å². The maximum atomic E-state index is 11.5. The molecule has 78 valence electrons. The van der Waals surface area contributed by atoms with Crippen LogP contribution in [0.5, 0.6) is 0 Å². The van der Waals surface area contributed by atoms with Crippen molar-refractivity contribution in [1.29, 1.82) is 0 Å². The van der Waals surface area contributed by atoms with Gasteiger partial charge in [-0.05, 0) is 20.3 Å². The summed E-state index contributed by atoms with van der Waals surface area (Å²) < 4.78 is 0. The molecule has 1 saturated heterocycles. The SMILES string of the molecule is CC=CC=CC(=O)N1CCC(C)(O)C1. The zero-order valence-electron chi connectivity index (χ0n) is 8.73. The third-order valence-electron chi connectivity index (χ3n) is 2.31. The highest BCUT2D eigenvalue weighted by Gasteiger charge is 2.32. The molecule has 1 N–H and O–H groups in total. The molecule has 1 heterocycles. The highest BCUT2D eigenvalue weighted by Crippen LogP contribution is 2.20. The Labute approximate surface area is 84.7 Å². The lowest BCUT2D eigenvalue weighted by atomic mass is 10.1. The smallest absolute Gasteiger partial charge is 0.246 e. The van der Waals surface area contributed by atoms with E-state index < -0.39 is 5.60 Å². The van der Waals surface area contributed by atoms with Gasteiger partial charge in [0.25, 0.3) is 0 Å². The summed E-state index contributed by atoms with van der Waals surface area (Å²) in [5.41, 5.74) is -0.704. The Bertz CT molecular complexity index is 266. The van der Waals surface area contributed by atoms with Gasteiger partial charge in [0, 0.05) is 19.2 Å². The Balaban J connectivity index is 2.48. The molecular formula is C11H17NO2. The van der Waals surface area contributed by atoms with Crippen molar-refractivity contribution < 1.29 is 9.90 Å². The zero-order valence-corrected chi connectivity index (χ0v) is 8.73. The molecule has 0 spiro atoms. The number of hydrogen-bond donors (Lipinski definition) is 1. The monoisotopic (exact) mass is 195 g/mol. The summed E-state index contributed by atoms with van der Waals surface area (Å²) in [5.74, 6) is -0.0270. The van der Waals surface area contributed by atoms with Gasteiger partial charge in [-0.1, -0.05) is 18.2 Å². The Morgan fingerprint density at radius 2 is 2.21 bits per heavy atom. The summed E-state index contributed by atoms with van der Waals surface area (Å²) in [6.07, 6.45) is 7.59. The van der Waals surface area contributed by atoms with Crippen LogP contribution in [0.25, 0.3) is 0 Å². The Morgan fingerprint density at radius 3 is 2.71 bits per heavy atom. The van der Waals surface area contributed by atoms with Gasteiger partial charge in [-0.2, -0.15) is 0 Å².